The molecule has 2 rings (SSSR count). The summed E-state index contributed by atoms with van der Waals surface area (Å²) in [5.74, 6) is 0. The summed E-state index contributed by atoms with van der Waals surface area (Å²) in [6.07, 6.45) is 0.418. The van der Waals surface area contributed by atoms with Gasteiger partial charge in [0.25, 0.3) is 0 Å². The third kappa shape index (κ3) is 2.55. The van der Waals surface area contributed by atoms with Crippen molar-refractivity contribution in [3.63, 3.8) is 0 Å². The highest BCUT2D eigenvalue weighted by atomic mass is 16.8. The Morgan fingerprint density at radius 3 is 2.18 bits per heavy atom. The smallest absolute Gasteiger partial charge is 0.430 e. The van der Waals surface area contributed by atoms with E-state index in [0.717, 1.165) is 0 Å². The van der Waals surface area contributed by atoms with Crippen LogP contribution in [-0.4, -0.2) is 36.4 Å². The molecule has 1 atom stereocenters. The fourth-order valence-electron chi connectivity index (χ4n) is 1.91. The van der Waals surface area contributed by atoms with Gasteiger partial charge in [0.2, 0.25) is 0 Å². The number of ether oxygens (including phenoxy) is 4. The van der Waals surface area contributed by atoms with Crippen molar-refractivity contribution in [3.05, 3.63) is 0 Å². The zero-order valence-corrected chi connectivity index (χ0v) is 10.8. The van der Waals surface area contributed by atoms with E-state index in [4.69, 9.17) is 18.9 Å². The highest BCUT2D eigenvalue weighted by Gasteiger charge is 2.49. The molecule has 0 N–H and O–H groups in total. The van der Waals surface area contributed by atoms with Crippen molar-refractivity contribution in [1.29, 1.82) is 0 Å². The molecule has 2 heterocycles. The fourth-order valence-corrected chi connectivity index (χ4v) is 1.91. The third-order valence-corrected chi connectivity index (χ3v) is 3.68. The van der Waals surface area contributed by atoms with E-state index >= 15 is 0 Å². The van der Waals surface area contributed by atoms with Gasteiger partial charge in [0, 0.05) is 6.42 Å². The Morgan fingerprint density at radius 2 is 1.71 bits per heavy atom. The molecule has 0 saturated carbocycles. The lowest BCUT2D eigenvalue weighted by Gasteiger charge is -2.30. The summed E-state index contributed by atoms with van der Waals surface area (Å²) < 4.78 is 21.4. The molecule has 0 spiro atoms. The second-order valence-corrected chi connectivity index (χ2v) is 5.56. The lowest BCUT2D eigenvalue weighted by atomic mass is 9.90. The first-order chi connectivity index (χ1) is 7.80. The maximum absolute atomic E-state index is 10.7. The van der Waals surface area contributed by atoms with Crippen LogP contribution < -0.4 is 0 Å². The van der Waals surface area contributed by atoms with E-state index in [1.54, 1.807) is 0 Å². The van der Waals surface area contributed by atoms with Crippen LogP contribution in [0.1, 0.15) is 40.5 Å². The van der Waals surface area contributed by atoms with Crippen LogP contribution in [0.25, 0.3) is 0 Å². The highest BCUT2D eigenvalue weighted by Crippen LogP contribution is 2.39. The average molecular weight is 244 g/mol. The van der Waals surface area contributed by atoms with Crippen molar-refractivity contribution in [2.75, 3.05) is 6.61 Å². The van der Waals surface area contributed by atoms with Crippen LogP contribution in [0, 0.1) is 0 Å². The van der Waals surface area contributed by atoms with Crippen LogP contribution in [0.4, 0.5) is 4.79 Å². The summed E-state index contributed by atoms with van der Waals surface area (Å²) >= 11 is 0. The van der Waals surface area contributed by atoms with Crippen molar-refractivity contribution >= 4 is 6.16 Å². The summed E-state index contributed by atoms with van der Waals surface area (Å²) in [7, 11) is 0. The van der Waals surface area contributed by atoms with E-state index in [0.29, 0.717) is 19.4 Å². The van der Waals surface area contributed by atoms with Crippen LogP contribution in [0.15, 0.2) is 0 Å². The summed E-state index contributed by atoms with van der Waals surface area (Å²) in [5, 5.41) is 0. The van der Waals surface area contributed by atoms with Crippen LogP contribution in [0.5, 0.6) is 0 Å². The van der Waals surface area contributed by atoms with Gasteiger partial charge in [-0.05, 0) is 34.1 Å². The van der Waals surface area contributed by atoms with E-state index in [1.807, 2.05) is 27.7 Å². The molecule has 2 aliphatic rings. The van der Waals surface area contributed by atoms with Gasteiger partial charge in [0.15, 0.2) is 6.29 Å². The Balaban J connectivity index is 1.80. The van der Waals surface area contributed by atoms with Gasteiger partial charge in [0.05, 0.1) is 11.2 Å². The molecular formula is C12H20O5. The normalized spacial score (nSPS) is 31.3. The van der Waals surface area contributed by atoms with Gasteiger partial charge in [-0.25, -0.2) is 4.79 Å². The number of hydrogen-bond acceptors (Lipinski definition) is 5. The number of carbonyl (C=O) groups excluding carboxylic acids is 1. The summed E-state index contributed by atoms with van der Waals surface area (Å²) in [6.45, 7) is 8.41. The molecule has 0 bridgehead atoms. The summed E-state index contributed by atoms with van der Waals surface area (Å²) in [5.41, 5.74) is -0.610. The Kier molecular flexibility index (Phi) is 3.08. The Bertz CT molecular complexity index is 294. The van der Waals surface area contributed by atoms with Crippen LogP contribution in [0.3, 0.4) is 0 Å². The van der Waals surface area contributed by atoms with Gasteiger partial charge in [-0.2, -0.15) is 0 Å². The van der Waals surface area contributed by atoms with Gasteiger partial charge in [-0.3, -0.25) is 0 Å². The minimum atomic E-state index is -0.580. The van der Waals surface area contributed by atoms with Crippen molar-refractivity contribution in [3.8, 4) is 0 Å². The molecular weight excluding hydrogens is 224 g/mol. The molecule has 0 radical (unpaired) electrons. The van der Waals surface area contributed by atoms with Gasteiger partial charge in [0.1, 0.15) is 12.7 Å². The monoisotopic (exact) mass is 244 g/mol. The topological polar surface area (TPSA) is 54.0 Å². The zero-order chi connectivity index (χ0) is 12.7. The van der Waals surface area contributed by atoms with Gasteiger partial charge >= 0.3 is 6.16 Å². The predicted molar refractivity (Wildman–Crippen MR) is 59.6 cm³/mol. The third-order valence-electron chi connectivity index (χ3n) is 3.68. The molecule has 0 aromatic carbocycles. The second-order valence-electron chi connectivity index (χ2n) is 5.56. The fraction of sp³-hybridized carbons (Fsp3) is 0.917. The first kappa shape index (κ1) is 12.6. The maximum Gasteiger partial charge on any atom is 0.508 e. The minimum absolute atomic E-state index is 0.165. The summed E-state index contributed by atoms with van der Waals surface area (Å²) in [4.78, 5) is 10.7. The molecule has 0 amide bonds. The van der Waals surface area contributed by atoms with Crippen molar-refractivity contribution < 1.29 is 23.7 Å². The quantitative estimate of drug-likeness (QED) is 0.712. The molecule has 0 aromatic heterocycles. The molecule has 98 valence electrons. The lowest BCUT2D eigenvalue weighted by molar-refractivity contribution is -0.0946. The number of cyclic esters (lactones) is 2. The Hall–Kier alpha value is -0.810. The van der Waals surface area contributed by atoms with Gasteiger partial charge in [-0.15, -0.1) is 0 Å². The molecule has 2 fully saturated rings. The SMILES string of the molecule is CC1(C)OC(CCC2COC(=O)O2)OC1(C)C. The first-order valence-electron chi connectivity index (χ1n) is 5.99. The second kappa shape index (κ2) is 4.14. The number of rotatable bonds is 3. The van der Waals surface area contributed by atoms with Crippen molar-refractivity contribution in [2.24, 2.45) is 0 Å². The largest absolute Gasteiger partial charge is 0.508 e. The minimum Gasteiger partial charge on any atom is -0.430 e. The first-order valence-corrected chi connectivity index (χ1v) is 5.99. The van der Waals surface area contributed by atoms with Crippen molar-refractivity contribution in [1.82, 2.24) is 0 Å². The lowest BCUT2D eigenvalue weighted by Crippen LogP contribution is -2.41. The van der Waals surface area contributed by atoms with E-state index in [2.05, 4.69) is 0 Å². The molecule has 5 heteroatoms. The van der Waals surface area contributed by atoms with Crippen LogP contribution in [0.2, 0.25) is 0 Å². The zero-order valence-electron chi connectivity index (χ0n) is 10.8. The van der Waals surface area contributed by atoms with E-state index in [9.17, 15) is 4.79 Å². The number of hydrogen-bond donors (Lipinski definition) is 0. The highest BCUT2D eigenvalue weighted by molar-refractivity contribution is 5.61. The van der Waals surface area contributed by atoms with E-state index < -0.39 is 6.16 Å². The molecule has 17 heavy (non-hydrogen) atoms. The Labute approximate surface area is 101 Å². The van der Waals surface area contributed by atoms with E-state index in [1.165, 1.54) is 0 Å². The van der Waals surface area contributed by atoms with Gasteiger partial charge in [-0.1, -0.05) is 0 Å². The van der Waals surface area contributed by atoms with Crippen LogP contribution >= 0.6 is 0 Å². The molecule has 2 saturated heterocycles. The van der Waals surface area contributed by atoms with Gasteiger partial charge < -0.3 is 18.9 Å². The predicted octanol–water partition coefficient (Wildman–Crippen LogP) is 2.23. The standard InChI is InChI=1S/C12H20O5/c1-11(2)12(3,4)17-9(16-11)6-5-8-7-14-10(13)15-8/h8-9H,5-7H2,1-4H3. The molecule has 5 nitrogen and oxygen atoms in total. The molecule has 0 aromatic rings. The average Bonchev–Trinajstić information content (AvgIpc) is 2.67. The van der Waals surface area contributed by atoms with E-state index in [-0.39, 0.29) is 23.6 Å². The van der Waals surface area contributed by atoms with Crippen molar-refractivity contribution in [2.45, 2.75) is 64.1 Å². The summed E-state index contributed by atoms with van der Waals surface area (Å²) in [6, 6.07) is 0. The Morgan fingerprint density at radius 1 is 1.12 bits per heavy atom. The molecule has 2 aliphatic heterocycles. The molecule has 0 aliphatic carbocycles. The molecule has 1 unspecified atom stereocenters. The number of carbonyl (C=O) groups is 1. The maximum atomic E-state index is 10.7. The van der Waals surface area contributed by atoms with Crippen LogP contribution in [-0.2, 0) is 18.9 Å².